The number of nitrogens with one attached hydrogen (secondary N) is 1. The van der Waals surface area contributed by atoms with Crippen molar-refractivity contribution in [3.05, 3.63) is 83.8 Å². The van der Waals surface area contributed by atoms with Crippen LogP contribution in [0.1, 0.15) is 21.6 Å². The molecule has 1 aromatic heterocycles. The fraction of sp³-hybridized carbons (Fsp3) is 0.217. The van der Waals surface area contributed by atoms with Crippen molar-refractivity contribution in [3.8, 4) is 6.07 Å². The Kier molecular flexibility index (Phi) is 5.97. The molecule has 7 heteroatoms. The molecular formula is C23H22N6O. The van der Waals surface area contributed by atoms with Gasteiger partial charge in [-0.05, 0) is 23.8 Å². The Morgan fingerprint density at radius 1 is 1.00 bits per heavy atom. The molecule has 2 heterocycles. The standard InChI is InChI=1S/C23H22N6O/c24-14-19-7-4-8-20(13-19)27-23(30)21-15-26-22(16-25-21)29-11-9-28(10-12-29)17-18-5-2-1-3-6-18/h1-8,13,15-16H,9-12,17H2,(H,27,30). The van der Waals surface area contributed by atoms with Gasteiger partial charge in [-0.2, -0.15) is 5.26 Å². The topological polar surface area (TPSA) is 85.1 Å². The minimum Gasteiger partial charge on any atom is -0.353 e. The quantitative estimate of drug-likeness (QED) is 0.711. The molecule has 30 heavy (non-hydrogen) atoms. The number of anilines is 2. The number of benzene rings is 2. The average molecular weight is 398 g/mol. The Labute approximate surface area is 175 Å². The number of nitrogens with zero attached hydrogens (tertiary/aromatic N) is 5. The second-order valence-corrected chi connectivity index (χ2v) is 7.16. The maximum Gasteiger partial charge on any atom is 0.275 e. The molecule has 0 unspecified atom stereocenters. The molecule has 1 amide bonds. The van der Waals surface area contributed by atoms with Crippen molar-refractivity contribution >= 4 is 17.4 Å². The van der Waals surface area contributed by atoms with E-state index in [0.29, 0.717) is 11.3 Å². The van der Waals surface area contributed by atoms with E-state index in [1.165, 1.54) is 11.8 Å². The third kappa shape index (κ3) is 4.80. The van der Waals surface area contributed by atoms with Gasteiger partial charge in [0, 0.05) is 38.4 Å². The van der Waals surface area contributed by atoms with Crippen LogP contribution < -0.4 is 10.2 Å². The predicted molar refractivity (Wildman–Crippen MR) is 115 cm³/mol. The van der Waals surface area contributed by atoms with Crippen LogP contribution in [-0.4, -0.2) is 47.0 Å². The largest absolute Gasteiger partial charge is 0.353 e. The summed E-state index contributed by atoms with van der Waals surface area (Å²) in [4.78, 5) is 25.7. The first-order valence-corrected chi connectivity index (χ1v) is 9.86. The van der Waals surface area contributed by atoms with Gasteiger partial charge < -0.3 is 10.2 Å². The highest BCUT2D eigenvalue weighted by Crippen LogP contribution is 2.15. The fourth-order valence-electron chi connectivity index (χ4n) is 3.44. The SMILES string of the molecule is N#Cc1cccc(NC(=O)c2cnc(N3CCN(Cc4ccccc4)CC3)cn2)c1. The van der Waals surface area contributed by atoms with Crippen molar-refractivity contribution in [2.24, 2.45) is 0 Å². The van der Waals surface area contributed by atoms with E-state index in [1.54, 1.807) is 30.5 Å². The number of hydrogen-bond donors (Lipinski definition) is 1. The summed E-state index contributed by atoms with van der Waals surface area (Å²) in [7, 11) is 0. The van der Waals surface area contributed by atoms with Crippen LogP contribution in [0.15, 0.2) is 67.0 Å². The summed E-state index contributed by atoms with van der Waals surface area (Å²) in [6, 6.07) is 19.3. The molecule has 0 saturated carbocycles. The lowest BCUT2D eigenvalue weighted by Gasteiger charge is -2.35. The van der Waals surface area contributed by atoms with E-state index in [1.807, 2.05) is 6.07 Å². The number of hydrogen-bond acceptors (Lipinski definition) is 6. The number of carbonyl (C=O) groups is 1. The van der Waals surface area contributed by atoms with Gasteiger partial charge in [-0.3, -0.25) is 9.69 Å². The molecule has 3 aromatic rings. The fourth-order valence-corrected chi connectivity index (χ4v) is 3.44. The Bertz CT molecular complexity index is 1040. The normalized spacial score (nSPS) is 14.2. The highest BCUT2D eigenvalue weighted by atomic mass is 16.1. The molecule has 2 aromatic carbocycles. The van der Waals surface area contributed by atoms with Crippen LogP contribution in [0.3, 0.4) is 0 Å². The Hall–Kier alpha value is -3.76. The second-order valence-electron chi connectivity index (χ2n) is 7.16. The lowest BCUT2D eigenvalue weighted by atomic mass is 10.2. The van der Waals surface area contributed by atoms with Gasteiger partial charge >= 0.3 is 0 Å². The van der Waals surface area contributed by atoms with Crippen LogP contribution in [0.25, 0.3) is 0 Å². The molecule has 0 bridgehead atoms. The molecule has 1 aliphatic heterocycles. The predicted octanol–water partition coefficient (Wildman–Crippen LogP) is 2.92. The summed E-state index contributed by atoms with van der Waals surface area (Å²) in [5, 5.41) is 11.7. The molecule has 7 nitrogen and oxygen atoms in total. The monoisotopic (exact) mass is 398 g/mol. The number of carbonyl (C=O) groups excluding carboxylic acids is 1. The number of amides is 1. The van der Waals surface area contributed by atoms with Gasteiger partial charge in [0.05, 0.1) is 24.0 Å². The van der Waals surface area contributed by atoms with Crippen LogP contribution in [0, 0.1) is 11.3 Å². The highest BCUT2D eigenvalue weighted by Gasteiger charge is 2.19. The van der Waals surface area contributed by atoms with E-state index in [4.69, 9.17) is 5.26 Å². The van der Waals surface area contributed by atoms with E-state index >= 15 is 0 Å². The maximum atomic E-state index is 12.4. The molecule has 1 saturated heterocycles. The van der Waals surface area contributed by atoms with Crippen molar-refractivity contribution in [1.82, 2.24) is 14.9 Å². The zero-order valence-corrected chi connectivity index (χ0v) is 16.5. The van der Waals surface area contributed by atoms with E-state index in [2.05, 4.69) is 55.4 Å². The van der Waals surface area contributed by atoms with Crippen molar-refractivity contribution in [2.75, 3.05) is 36.4 Å². The van der Waals surface area contributed by atoms with Gasteiger partial charge in [0.15, 0.2) is 0 Å². The molecule has 4 rings (SSSR count). The van der Waals surface area contributed by atoms with Gasteiger partial charge in [-0.1, -0.05) is 36.4 Å². The van der Waals surface area contributed by atoms with Crippen molar-refractivity contribution in [3.63, 3.8) is 0 Å². The molecule has 1 N–H and O–H groups in total. The molecule has 0 spiro atoms. The summed E-state index contributed by atoms with van der Waals surface area (Å²) in [5.41, 5.74) is 2.60. The number of rotatable bonds is 5. The average Bonchev–Trinajstić information content (AvgIpc) is 2.80. The molecule has 1 fully saturated rings. The third-order valence-corrected chi connectivity index (χ3v) is 5.07. The zero-order valence-electron chi connectivity index (χ0n) is 16.5. The maximum absolute atomic E-state index is 12.4. The molecular weight excluding hydrogens is 376 g/mol. The van der Waals surface area contributed by atoms with Crippen LogP contribution in [0.4, 0.5) is 11.5 Å². The van der Waals surface area contributed by atoms with Gasteiger partial charge in [0.2, 0.25) is 0 Å². The van der Waals surface area contributed by atoms with Crippen LogP contribution >= 0.6 is 0 Å². The van der Waals surface area contributed by atoms with E-state index in [9.17, 15) is 4.79 Å². The number of nitriles is 1. The van der Waals surface area contributed by atoms with E-state index in [0.717, 1.165) is 38.5 Å². The van der Waals surface area contributed by atoms with Crippen LogP contribution in [0.5, 0.6) is 0 Å². The molecule has 150 valence electrons. The lowest BCUT2D eigenvalue weighted by molar-refractivity contribution is 0.102. The van der Waals surface area contributed by atoms with Gasteiger partial charge in [0.25, 0.3) is 5.91 Å². The van der Waals surface area contributed by atoms with Gasteiger partial charge in [-0.15, -0.1) is 0 Å². The van der Waals surface area contributed by atoms with Crippen molar-refractivity contribution in [1.29, 1.82) is 5.26 Å². The van der Waals surface area contributed by atoms with Gasteiger partial charge in [0.1, 0.15) is 11.5 Å². The van der Waals surface area contributed by atoms with E-state index < -0.39 is 0 Å². The minimum absolute atomic E-state index is 0.240. The summed E-state index contributed by atoms with van der Waals surface area (Å²) in [6.45, 7) is 4.59. The first-order valence-electron chi connectivity index (χ1n) is 9.86. The number of aromatic nitrogens is 2. The zero-order chi connectivity index (χ0) is 20.8. The molecule has 1 aliphatic rings. The van der Waals surface area contributed by atoms with Crippen molar-refractivity contribution < 1.29 is 4.79 Å². The summed E-state index contributed by atoms with van der Waals surface area (Å²) in [5.74, 6) is 0.425. The van der Waals surface area contributed by atoms with Crippen LogP contribution in [0.2, 0.25) is 0 Å². The Balaban J connectivity index is 1.32. The lowest BCUT2D eigenvalue weighted by Crippen LogP contribution is -2.46. The molecule has 0 aliphatic carbocycles. The number of piperazine rings is 1. The molecule has 0 atom stereocenters. The smallest absolute Gasteiger partial charge is 0.275 e. The summed E-state index contributed by atoms with van der Waals surface area (Å²) < 4.78 is 0. The highest BCUT2D eigenvalue weighted by molar-refractivity contribution is 6.02. The molecule has 0 radical (unpaired) electrons. The summed E-state index contributed by atoms with van der Waals surface area (Å²) >= 11 is 0. The summed E-state index contributed by atoms with van der Waals surface area (Å²) in [6.07, 6.45) is 3.14. The minimum atomic E-state index is -0.350. The first kappa shape index (κ1) is 19.6. The van der Waals surface area contributed by atoms with E-state index in [-0.39, 0.29) is 11.6 Å². The Morgan fingerprint density at radius 3 is 2.50 bits per heavy atom. The third-order valence-electron chi connectivity index (χ3n) is 5.07. The van der Waals surface area contributed by atoms with Crippen LogP contribution in [-0.2, 0) is 6.54 Å². The van der Waals surface area contributed by atoms with Crippen molar-refractivity contribution in [2.45, 2.75) is 6.54 Å². The van der Waals surface area contributed by atoms with Gasteiger partial charge in [-0.25, -0.2) is 9.97 Å². The second kappa shape index (κ2) is 9.16. The first-order chi connectivity index (χ1) is 14.7. The Morgan fingerprint density at radius 2 is 1.80 bits per heavy atom.